The van der Waals surface area contributed by atoms with Gasteiger partial charge in [0.1, 0.15) is 5.03 Å². The number of amides is 1. The summed E-state index contributed by atoms with van der Waals surface area (Å²) in [6.07, 6.45) is 8.77. The van der Waals surface area contributed by atoms with Gasteiger partial charge in [0.05, 0.1) is 11.7 Å². The zero-order valence-corrected chi connectivity index (χ0v) is 12.8. The smallest absolute Gasteiger partial charge is 0.237 e. The normalized spacial score (nSPS) is 26.6. The number of hydrogen-bond acceptors (Lipinski definition) is 5. The van der Waals surface area contributed by atoms with Crippen LogP contribution in [0.2, 0.25) is 0 Å². The van der Waals surface area contributed by atoms with Crippen LogP contribution in [0.15, 0.2) is 23.6 Å². The molecule has 20 heavy (non-hydrogen) atoms. The maximum atomic E-state index is 11.9. The Hall–Kier alpha value is -1.14. The van der Waals surface area contributed by atoms with Crippen LogP contribution in [0.4, 0.5) is 0 Å². The van der Waals surface area contributed by atoms with Gasteiger partial charge in [-0.3, -0.25) is 9.78 Å². The highest BCUT2D eigenvalue weighted by molar-refractivity contribution is 7.99. The molecule has 0 aliphatic heterocycles. The molecule has 1 amide bonds. The van der Waals surface area contributed by atoms with Crippen molar-refractivity contribution in [2.75, 3.05) is 0 Å². The van der Waals surface area contributed by atoms with Crippen LogP contribution in [-0.4, -0.2) is 32.7 Å². The van der Waals surface area contributed by atoms with Crippen LogP contribution in [-0.2, 0) is 4.79 Å². The molecule has 2 rings (SSSR count). The molecule has 1 aromatic heterocycles. The molecule has 0 bridgehead atoms. The van der Waals surface area contributed by atoms with E-state index in [4.69, 9.17) is 5.73 Å². The molecule has 0 radical (unpaired) electrons. The van der Waals surface area contributed by atoms with Gasteiger partial charge < -0.3 is 11.1 Å². The Labute approximate surface area is 124 Å². The molecular formula is C14H22N4OS. The van der Waals surface area contributed by atoms with E-state index in [-0.39, 0.29) is 11.9 Å². The van der Waals surface area contributed by atoms with Crippen LogP contribution in [0.1, 0.15) is 39.5 Å². The van der Waals surface area contributed by atoms with Crippen LogP contribution >= 0.6 is 11.8 Å². The lowest BCUT2D eigenvalue weighted by atomic mass is 9.80. The van der Waals surface area contributed by atoms with E-state index in [1.807, 2.05) is 13.8 Å². The summed E-state index contributed by atoms with van der Waals surface area (Å²) in [5.74, 6) is -0.240. The van der Waals surface area contributed by atoms with Crippen molar-refractivity contribution in [3.8, 4) is 0 Å². The highest BCUT2D eigenvalue weighted by atomic mass is 32.2. The standard InChI is InChI=1S/C14H22N4OS/c1-10(2)18-14(13(15)19)5-3-4-11(8-14)20-12-9-16-6-7-17-12/h6-7,9-11,18H,3-5,8H2,1-2H3,(H2,15,19). The van der Waals surface area contributed by atoms with E-state index in [0.29, 0.717) is 5.25 Å². The largest absolute Gasteiger partial charge is 0.368 e. The van der Waals surface area contributed by atoms with Gasteiger partial charge in [-0.15, -0.1) is 11.8 Å². The van der Waals surface area contributed by atoms with Crippen molar-refractivity contribution in [2.24, 2.45) is 5.73 Å². The van der Waals surface area contributed by atoms with Crippen molar-refractivity contribution in [3.63, 3.8) is 0 Å². The first-order valence-corrected chi connectivity index (χ1v) is 7.90. The summed E-state index contributed by atoms with van der Waals surface area (Å²) < 4.78 is 0. The number of thioether (sulfide) groups is 1. The van der Waals surface area contributed by atoms with Crippen LogP contribution in [0, 0.1) is 0 Å². The Morgan fingerprint density at radius 3 is 2.95 bits per heavy atom. The highest BCUT2D eigenvalue weighted by Crippen LogP contribution is 2.37. The molecule has 5 nitrogen and oxygen atoms in total. The van der Waals surface area contributed by atoms with Crippen molar-refractivity contribution in [1.82, 2.24) is 15.3 Å². The number of nitrogens with two attached hydrogens (primary N) is 1. The first-order chi connectivity index (χ1) is 9.52. The third-order valence-electron chi connectivity index (χ3n) is 3.57. The molecule has 1 aliphatic carbocycles. The second-order valence-electron chi connectivity index (χ2n) is 5.63. The van der Waals surface area contributed by atoms with Crippen molar-refractivity contribution in [2.45, 2.75) is 61.4 Å². The third kappa shape index (κ3) is 3.70. The Morgan fingerprint density at radius 1 is 1.55 bits per heavy atom. The summed E-state index contributed by atoms with van der Waals surface area (Å²) in [5.41, 5.74) is 5.09. The van der Waals surface area contributed by atoms with Gasteiger partial charge in [0.15, 0.2) is 0 Å². The lowest BCUT2D eigenvalue weighted by Crippen LogP contribution is -2.60. The zero-order valence-electron chi connectivity index (χ0n) is 12.0. The Morgan fingerprint density at radius 2 is 2.35 bits per heavy atom. The predicted molar refractivity (Wildman–Crippen MR) is 80.3 cm³/mol. The minimum atomic E-state index is -0.577. The third-order valence-corrected chi connectivity index (χ3v) is 4.76. The molecule has 1 saturated carbocycles. The second-order valence-corrected chi connectivity index (χ2v) is 6.95. The number of rotatable bonds is 5. The monoisotopic (exact) mass is 294 g/mol. The molecule has 1 heterocycles. The van der Waals surface area contributed by atoms with E-state index in [2.05, 4.69) is 15.3 Å². The van der Waals surface area contributed by atoms with E-state index in [9.17, 15) is 4.79 Å². The molecule has 3 N–H and O–H groups in total. The van der Waals surface area contributed by atoms with Crippen molar-refractivity contribution < 1.29 is 4.79 Å². The van der Waals surface area contributed by atoms with Crippen LogP contribution < -0.4 is 11.1 Å². The molecule has 2 unspecified atom stereocenters. The average Bonchev–Trinajstić information content (AvgIpc) is 2.39. The number of nitrogens with one attached hydrogen (secondary N) is 1. The van der Waals surface area contributed by atoms with Gasteiger partial charge in [-0.2, -0.15) is 0 Å². The first kappa shape index (κ1) is 15.3. The van der Waals surface area contributed by atoms with Gasteiger partial charge in [-0.05, 0) is 39.5 Å². The van der Waals surface area contributed by atoms with Crippen LogP contribution in [0.25, 0.3) is 0 Å². The lowest BCUT2D eigenvalue weighted by molar-refractivity contribution is -0.126. The number of carbonyl (C=O) groups is 1. The number of hydrogen-bond donors (Lipinski definition) is 2. The van der Waals surface area contributed by atoms with Crippen molar-refractivity contribution >= 4 is 17.7 Å². The molecule has 0 aromatic carbocycles. The number of primary amides is 1. The number of carbonyl (C=O) groups excluding carboxylic acids is 1. The molecule has 1 fully saturated rings. The highest BCUT2D eigenvalue weighted by Gasteiger charge is 2.41. The van der Waals surface area contributed by atoms with Gasteiger partial charge in [0.2, 0.25) is 5.91 Å². The molecule has 1 aliphatic rings. The SMILES string of the molecule is CC(C)NC1(C(N)=O)CCCC(Sc2cnccn2)C1. The fourth-order valence-corrected chi connectivity index (χ4v) is 4.06. The molecule has 0 saturated heterocycles. The number of nitrogens with zero attached hydrogens (tertiary/aromatic N) is 2. The minimum Gasteiger partial charge on any atom is -0.368 e. The van der Waals surface area contributed by atoms with Crippen LogP contribution in [0.3, 0.4) is 0 Å². The molecule has 2 atom stereocenters. The summed E-state index contributed by atoms with van der Waals surface area (Å²) in [4.78, 5) is 20.3. The molecule has 110 valence electrons. The summed E-state index contributed by atoms with van der Waals surface area (Å²) in [6.45, 7) is 4.09. The van der Waals surface area contributed by atoms with Gasteiger partial charge >= 0.3 is 0 Å². The van der Waals surface area contributed by atoms with Crippen molar-refractivity contribution in [1.29, 1.82) is 0 Å². The predicted octanol–water partition coefficient (Wildman–Crippen LogP) is 1.73. The second kappa shape index (κ2) is 6.54. The Balaban J connectivity index is 2.08. The molecule has 6 heteroatoms. The van der Waals surface area contributed by atoms with E-state index < -0.39 is 5.54 Å². The number of aromatic nitrogens is 2. The molecular weight excluding hydrogens is 272 g/mol. The topological polar surface area (TPSA) is 80.9 Å². The van der Waals surface area contributed by atoms with Gasteiger partial charge in [0.25, 0.3) is 0 Å². The fraction of sp³-hybridized carbons (Fsp3) is 0.643. The van der Waals surface area contributed by atoms with Crippen LogP contribution in [0.5, 0.6) is 0 Å². The van der Waals surface area contributed by atoms with E-state index in [1.165, 1.54) is 0 Å². The summed E-state index contributed by atoms with van der Waals surface area (Å²) in [5, 5.41) is 4.64. The molecule has 1 aromatic rings. The summed E-state index contributed by atoms with van der Waals surface area (Å²) in [6, 6.07) is 0.239. The van der Waals surface area contributed by atoms with Gasteiger partial charge in [-0.1, -0.05) is 0 Å². The maximum absolute atomic E-state index is 11.9. The van der Waals surface area contributed by atoms with E-state index in [1.54, 1.807) is 30.4 Å². The lowest BCUT2D eigenvalue weighted by Gasteiger charge is -2.40. The summed E-state index contributed by atoms with van der Waals surface area (Å²) in [7, 11) is 0. The average molecular weight is 294 g/mol. The maximum Gasteiger partial charge on any atom is 0.237 e. The summed E-state index contributed by atoms with van der Waals surface area (Å²) >= 11 is 1.69. The van der Waals surface area contributed by atoms with E-state index >= 15 is 0 Å². The first-order valence-electron chi connectivity index (χ1n) is 7.02. The van der Waals surface area contributed by atoms with E-state index in [0.717, 1.165) is 30.7 Å². The van der Waals surface area contributed by atoms with Crippen molar-refractivity contribution in [3.05, 3.63) is 18.6 Å². The molecule has 0 spiro atoms. The fourth-order valence-electron chi connectivity index (χ4n) is 2.82. The Bertz CT molecular complexity index is 454. The van der Waals surface area contributed by atoms with Gasteiger partial charge in [0, 0.05) is 23.7 Å². The minimum absolute atomic E-state index is 0.239. The Kier molecular flexibility index (Phi) is 4.99. The zero-order chi connectivity index (χ0) is 14.6. The van der Waals surface area contributed by atoms with Gasteiger partial charge in [-0.25, -0.2) is 4.98 Å². The quantitative estimate of drug-likeness (QED) is 0.864.